The fraction of sp³-hybridized carbons (Fsp3) is 0.190. The molecule has 1 heterocycles. The van der Waals surface area contributed by atoms with Crippen LogP contribution in [0.3, 0.4) is 0 Å². The third-order valence-electron chi connectivity index (χ3n) is 4.19. The van der Waals surface area contributed by atoms with Gasteiger partial charge in [0.1, 0.15) is 18.4 Å². The summed E-state index contributed by atoms with van der Waals surface area (Å²) in [7, 11) is 0. The smallest absolute Gasteiger partial charge is 0.137 e. The van der Waals surface area contributed by atoms with E-state index in [2.05, 4.69) is 22.2 Å². The molecule has 130 valence electrons. The second-order valence-corrected chi connectivity index (χ2v) is 6.72. The first-order chi connectivity index (χ1) is 12.5. The molecule has 3 rings (SSSR count). The normalized spacial score (nSPS) is 11.6. The van der Waals surface area contributed by atoms with Crippen LogP contribution in [0.25, 0.3) is 12.2 Å². The average Bonchev–Trinajstić information content (AvgIpc) is 3.14. The molecule has 0 fully saturated rings. The fourth-order valence-corrected chi connectivity index (χ4v) is 2.61. The van der Waals surface area contributed by atoms with Gasteiger partial charge in [-0.2, -0.15) is 10.4 Å². The number of aromatic hydroxyl groups is 1. The Kier molecular flexibility index (Phi) is 4.85. The molecular formula is C21H20N4O. The molecular weight excluding hydrogens is 324 g/mol. The number of phenols is 1. The van der Waals surface area contributed by atoms with Crippen LogP contribution in [0.15, 0.2) is 55.1 Å². The zero-order valence-electron chi connectivity index (χ0n) is 14.8. The van der Waals surface area contributed by atoms with E-state index in [0.717, 1.165) is 22.3 Å². The topological polar surface area (TPSA) is 74.7 Å². The summed E-state index contributed by atoms with van der Waals surface area (Å²) in [6, 6.07) is 15.5. The fourth-order valence-electron chi connectivity index (χ4n) is 2.61. The SMILES string of the molecule is CC(C)(C#N)c1cc(C=Cc2ccc(O)cc2)cc(Cn2cncn2)c1. The van der Waals surface area contributed by atoms with Crippen LogP contribution in [0, 0.1) is 11.3 Å². The van der Waals surface area contributed by atoms with Crippen molar-refractivity contribution in [2.24, 2.45) is 0 Å². The van der Waals surface area contributed by atoms with Crippen LogP contribution in [-0.2, 0) is 12.0 Å². The molecule has 0 unspecified atom stereocenters. The lowest BCUT2D eigenvalue weighted by Crippen LogP contribution is -2.15. The van der Waals surface area contributed by atoms with Crippen molar-refractivity contribution in [1.82, 2.24) is 14.8 Å². The highest BCUT2D eigenvalue weighted by Gasteiger charge is 2.20. The van der Waals surface area contributed by atoms with E-state index < -0.39 is 5.41 Å². The summed E-state index contributed by atoms with van der Waals surface area (Å²) >= 11 is 0. The van der Waals surface area contributed by atoms with Gasteiger partial charge >= 0.3 is 0 Å². The second kappa shape index (κ2) is 7.24. The number of aromatic nitrogens is 3. The highest BCUT2D eigenvalue weighted by atomic mass is 16.3. The molecule has 3 aromatic rings. The van der Waals surface area contributed by atoms with Gasteiger partial charge in [0.25, 0.3) is 0 Å². The van der Waals surface area contributed by atoms with Gasteiger partial charge in [0, 0.05) is 0 Å². The summed E-state index contributed by atoms with van der Waals surface area (Å²) in [5, 5.41) is 23.0. The standard InChI is InChI=1S/C21H20N4O/c1-21(2,13-22)19-10-17(4-3-16-5-7-20(26)8-6-16)9-18(11-19)12-25-15-23-14-24-25/h3-11,14-15,26H,12H2,1-2H3. The van der Waals surface area contributed by atoms with E-state index in [1.165, 1.54) is 6.33 Å². The van der Waals surface area contributed by atoms with Gasteiger partial charge in [0.2, 0.25) is 0 Å². The highest BCUT2D eigenvalue weighted by molar-refractivity contribution is 5.70. The summed E-state index contributed by atoms with van der Waals surface area (Å²) in [5.41, 5.74) is 3.43. The molecule has 0 saturated heterocycles. The maximum absolute atomic E-state index is 9.50. The van der Waals surface area contributed by atoms with Crippen LogP contribution in [0.5, 0.6) is 5.75 Å². The number of hydrogen-bond acceptors (Lipinski definition) is 4. The molecule has 0 aliphatic rings. The van der Waals surface area contributed by atoms with Crippen molar-refractivity contribution in [3.8, 4) is 11.8 Å². The molecule has 0 aliphatic heterocycles. The van der Waals surface area contributed by atoms with Crippen molar-refractivity contribution in [1.29, 1.82) is 5.26 Å². The van der Waals surface area contributed by atoms with Crippen molar-refractivity contribution >= 4 is 12.2 Å². The lowest BCUT2D eigenvalue weighted by molar-refractivity contribution is 0.475. The van der Waals surface area contributed by atoms with Gasteiger partial charge in [-0.05, 0) is 54.3 Å². The average molecular weight is 344 g/mol. The van der Waals surface area contributed by atoms with E-state index in [-0.39, 0.29) is 5.75 Å². The molecule has 2 aromatic carbocycles. The molecule has 5 heteroatoms. The number of nitrogens with zero attached hydrogens (tertiary/aromatic N) is 4. The van der Waals surface area contributed by atoms with Crippen molar-refractivity contribution in [2.75, 3.05) is 0 Å². The zero-order chi connectivity index (χ0) is 18.6. The van der Waals surface area contributed by atoms with Gasteiger partial charge < -0.3 is 5.11 Å². The summed E-state index contributed by atoms with van der Waals surface area (Å²) < 4.78 is 1.76. The Morgan fingerprint density at radius 2 is 1.85 bits per heavy atom. The monoisotopic (exact) mass is 344 g/mol. The maximum Gasteiger partial charge on any atom is 0.137 e. The van der Waals surface area contributed by atoms with Crippen LogP contribution in [0.1, 0.15) is 36.1 Å². The molecule has 26 heavy (non-hydrogen) atoms. The number of nitriles is 1. The number of phenolic OH excluding ortho intramolecular Hbond substituents is 1. The van der Waals surface area contributed by atoms with E-state index in [9.17, 15) is 10.4 Å². The predicted octanol–water partition coefficient (Wildman–Crippen LogP) is 4.00. The van der Waals surface area contributed by atoms with Gasteiger partial charge in [-0.15, -0.1) is 0 Å². The van der Waals surface area contributed by atoms with Crippen molar-refractivity contribution in [3.05, 3.63) is 77.4 Å². The minimum absolute atomic E-state index is 0.245. The summed E-state index contributed by atoms with van der Waals surface area (Å²) in [6.07, 6.45) is 7.17. The summed E-state index contributed by atoms with van der Waals surface area (Å²) in [4.78, 5) is 3.98. The lowest BCUT2D eigenvalue weighted by Gasteiger charge is -2.18. The van der Waals surface area contributed by atoms with Crippen molar-refractivity contribution < 1.29 is 5.11 Å². The Morgan fingerprint density at radius 1 is 1.12 bits per heavy atom. The molecule has 0 aliphatic carbocycles. The molecule has 0 spiro atoms. The van der Waals surface area contributed by atoms with Crippen molar-refractivity contribution in [2.45, 2.75) is 25.8 Å². The van der Waals surface area contributed by atoms with Gasteiger partial charge in [0.15, 0.2) is 0 Å². The van der Waals surface area contributed by atoms with Gasteiger partial charge in [-0.1, -0.05) is 36.4 Å². The second-order valence-electron chi connectivity index (χ2n) is 6.72. The van der Waals surface area contributed by atoms with E-state index in [0.29, 0.717) is 6.54 Å². The van der Waals surface area contributed by atoms with Gasteiger partial charge in [-0.25, -0.2) is 9.67 Å². The van der Waals surface area contributed by atoms with Crippen LogP contribution >= 0.6 is 0 Å². The Morgan fingerprint density at radius 3 is 2.50 bits per heavy atom. The third-order valence-corrected chi connectivity index (χ3v) is 4.19. The molecule has 1 aromatic heterocycles. The van der Waals surface area contributed by atoms with E-state index >= 15 is 0 Å². The van der Waals surface area contributed by atoms with E-state index in [1.54, 1.807) is 23.1 Å². The van der Waals surface area contributed by atoms with Gasteiger partial charge in [-0.3, -0.25) is 0 Å². The molecule has 0 atom stereocenters. The molecule has 0 amide bonds. The number of benzene rings is 2. The number of hydrogen-bond donors (Lipinski definition) is 1. The van der Waals surface area contributed by atoms with E-state index in [1.807, 2.05) is 50.3 Å². The Balaban J connectivity index is 1.96. The Bertz CT molecular complexity index is 949. The van der Waals surface area contributed by atoms with Crippen LogP contribution < -0.4 is 0 Å². The quantitative estimate of drug-likeness (QED) is 0.710. The minimum atomic E-state index is -0.584. The summed E-state index contributed by atoms with van der Waals surface area (Å²) in [5.74, 6) is 0.245. The predicted molar refractivity (Wildman–Crippen MR) is 101 cm³/mol. The summed E-state index contributed by atoms with van der Waals surface area (Å²) in [6.45, 7) is 4.42. The van der Waals surface area contributed by atoms with Crippen LogP contribution in [0.4, 0.5) is 0 Å². The first-order valence-corrected chi connectivity index (χ1v) is 8.31. The minimum Gasteiger partial charge on any atom is -0.508 e. The largest absolute Gasteiger partial charge is 0.508 e. The van der Waals surface area contributed by atoms with Crippen molar-refractivity contribution in [3.63, 3.8) is 0 Å². The first kappa shape index (κ1) is 17.4. The lowest BCUT2D eigenvalue weighted by atomic mass is 9.84. The van der Waals surface area contributed by atoms with Crippen LogP contribution in [0.2, 0.25) is 0 Å². The molecule has 0 saturated carbocycles. The zero-order valence-corrected chi connectivity index (χ0v) is 14.8. The molecule has 0 bridgehead atoms. The van der Waals surface area contributed by atoms with Gasteiger partial charge in [0.05, 0.1) is 18.0 Å². The first-order valence-electron chi connectivity index (χ1n) is 8.31. The Hall–Kier alpha value is -3.39. The Labute approximate surface area is 152 Å². The maximum atomic E-state index is 9.50. The molecule has 5 nitrogen and oxygen atoms in total. The van der Waals surface area contributed by atoms with Crippen LogP contribution in [-0.4, -0.2) is 19.9 Å². The molecule has 0 radical (unpaired) electrons. The number of rotatable bonds is 5. The molecule has 1 N–H and O–H groups in total. The highest BCUT2D eigenvalue weighted by Crippen LogP contribution is 2.26. The van der Waals surface area contributed by atoms with E-state index in [4.69, 9.17) is 0 Å². The third kappa shape index (κ3) is 4.17.